The summed E-state index contributed by atoms with van der Waals surface area (Å²) in [6.07, 6.45) is -0.290. The van der Waals surface area contributed by atoms with Crippen molar-refractivity contribution in [2.24, 2.45) is 0 Å². The Balaban J connectivity index is 1.87. The van der Waals surface area contributed by atoms with Gasteiger partial charge in [-0.25, -0.2) is 8.42 Å². The van der Waals surface area contributed by atoms with Gasteiger partial charge in [-0.15, -0.1) is 0 Å². The number of nitrogens with zero attached hydrogens (tertiary/aromatic N) is 1. The number of rotatable bonds is 4. The highest BCUT2D eigenvalue weighted by atomic mass is 32.2. The lowest BCUT2D eigenvalue weighted by Gasteiger charge is -2.37. The first kappa shape index (κ1) is 17.9. The van der Waals surface area contributed by atoms with E-state index < -0.39 is 10.0 Å². The van der Waals surface area contributed by atoms with Crippen molar-refractivity contribution in [1.29, 1.82) is 0 Å². The predicted octanol–water partition coefficient (Wildman–Crippen LogP) is 3.15. The standard InChI is InChI=1S/C19H23NO4S/c1-14-5-4-6-18(11-14)25(21,22)20-12-19(24-13-15(20)2)16-7-9-17(23-3)10-8-16/h4-11,15,19H,12-13H2,1-3H3. The highest BCUT2D eigenvalue weighted by Crippen LogP contribution is 2.30. The van der Waals surface area contributed by atoms with Gasteiger partial charge in [-0.1, -0.05) is 24.3 Å². The zero-order valence-corrected chi connectivity index (χ0v) is 15.5. The monoisotopic (exact) mass is 361 g/mol. The van der Waals surface area contributed by atoms with Gasteiger partial charge in [0, 0.05) is 12.6 Å². The third kappa shape index (κ3) is 3.71. The Kier molecular flexibility index (Phi) is 5.13. The average Bonchev–Trinajstić information content (AvgIpc) is 2.62. The molecule has 1 fully saturated rings. The van der Waals surface area contributed by atoms with Crippen molar-refractivity contribution in [2.45, 2.75) is 30.9 Å². The average molecular weight is 361 g/mol. The highest BCUT2D eigenvalue weighted by Gasteiger charge is 2.36. The van der Waals surface area contributed by atoms with Gasteiger partial charge in [-0.3, -0.25) is 0 Å². The lowest BCUT2D eigenvalue weighted by molar-refractivity contribution is -0.0288. The van der Waals surface area contributed by atoms with Crippen molar-refractivity contribution in [3.63, 3.8) is 0 Å². The molecule has 0 saturated carbocycles. The fourth-order valence-electron chi connectivity index (χ4n) is 3.00. The zero-order valence-electron chi connectivity index (χ0n) is 14.7. The first-order valence-corrected chi connectivity index (χ1v) is 9.70. The summed E-state index contributed by atoms with van der Waals surface area (Å²) in [5.74, 6) is 0.761. The van der Waals surface area contributed by atoms with E-state index in [1.807, 2.05) is 44.2 Å². The van der Waals surface area contributed by atoms with Gasteiger partial charge >= 0.3 is 0 Å². The molecule has 0 spiro atoms. The largest absolute Gasteiger partial charge is 0.497 e. The maximum absolute atomic E-state index is 13.1. The molecule has 0 bridgehead atoms. The highest BCUT2D eigenvalue weighted by molar-refractivity contribution is 7.89. The van der Waals surface area contributed by atoms with Crippen molar-refractivity contribution in [1.82, 2.24) is 4.31 Å². The van der Waals surface area contributed by atoms with Crippen LogP contribution in [-0.2, 0) is 14.8 Å². The molecule has 2 atom stereocenters. The van der Waals surface area contributed by atoms with E-state index in [-0.39, 0.29) is 12.1 Å². The normalized spacial score (nSPS) is 21.9. The smallest absolute Gasteiger partial charge is 0.243 e. The number of aryl methyl sites for hydroxylation is 1. The molecule has 134 valence electrons. The Bertz CT molecular complexity index is 833. The van der Waals surface area contributed by atoms with E-state index in [2.05, 4.69) is 0 Å². The molecule has 0 N–H and O–H groups in total. The van der Waals surface area contributed by atoms with Crippen molar-refractivity contribution in [2.75, 3.05) is 20.3 Å². The van der Waals surface area contributed by atoms with E-state index in [4.69, 9.17) is 9.47 Å². The summed E-state index contributed by atoms with van der Waals surface area (Å²) >= 11 is 0. The van der Waals surface area contributed by atoms with Gasteiger partial charge < -0.3 is 9.47 Å². The molecule has 3 rings (SSSR count). The molecule has 6 heteroatoms. The summed E-state index contributed by atoms with van der Waals surface area (Å²) in [7, 11) is -1.94. The van der Waals surface area contributed by atoms with Crippen molar-refractivity contribution >= 4 is 10.0 Å². The zero-order chi connectivity index (χ0) is 18.0. The van der Waals surface area contributed by atoms with E-state index >= 15 is 0 Å². The molecule has 0 aliphatic carbocycles. The van der Waals surface area contributed by atoms with Gasteiger partial charge in [0.05, 0.1) is 24.7 Å². The number of benzene rings is 2. The quantitative estimate of drug-likeness (QED) is 0.839. The number of morpholine rings is 1. The summed E-state index contributed by atoms with van der Waals surface area (Å²) in [5, 5.41) is 0. The van der Waals surface area contributed by atoms with E-state index in [0.717, 1.165) is 16.9 Å². The number of methoxy groups -OCH3 is 1. The Morgan fingerprint density at radius 3 is 2.52 bits per heavy atom. The van der Waals surface area contributed by atoms with Crippen molar-refractivity contribution in [3.05, 3.63) is 59.7 Å². The minimum atomic E-state index is -3.56. The molecule has 1 heterocycles. The Labute approximate surface area is 149 Å². The van der Waals surface area contributed by atoms with Crippen LogP contribution in [-0.4, -0.2) is 39.0 Å². The van der Waals surface area contributed by atoms with E-state index in [1.165, 1.54) is 0 Å². The molecule has 0 aromatic heterocycles. The minimum absolute atomic E-state index is 0.208. The molecular formula is C19H23NO4S. The Morgan fingerprint density at radius 2 is 1.88 bits per heavy atom. The summed E-state index contributed by atoms with van der Waals surface area (Å²) in [5.41, 5.74) is 1.87. The molecule has 2 unspecified atom stereocenters. The first-order chi connectivity index (χ1) is 11.9. The van der Waals surface area contributed by atoms with Crippen LogP contribution in [0.25, 0.3) is 0 Å². The third-order valence-electron chi connectivity index (χ3n) is 4.46. The van der Waals surface area contributed by atoms with Crippen LogP contribution in [0.15, 0.2) is 53.4 Å². The molecule has 2 aromatic carbocycles. The SMILES string of the molecule is COc1ccc(C2CN(S(=O)(=O)c3cccc(C)c3)C(C)CO2)cc1. The van der Waals surface area contributed by atoms with Gasteiger partial charge in [0.15, 0.2) is 0 Å². The topological polar surface area (TPSA) is 55.8 Å². The molecule has 0 radical (unpaired) electrons. The van der Waals surface area contributed by atoms with Gasteiger partial charge in [0.2, 0.25) is 10.0 Å². The van der Waals surface area contributed by atoms with Gasteiger partial charge in [-0.2, -0.15) is 4.31 Å². The van der Waals surface area contributed by atoms with Gasteiger partial charge in [0.1, 0.15) is 5.75 Å². The van der Waals surface area contributed by atoms with Crippen LogP contribution < -0.4 is 4.74 Å². The van der Waals surface area contributed by atoms with Crippen LogP contribution in [0.4, 0.5) is 0 Å². The molecule has 5 nitrogen and oxygen atoms in total. The van der Waals surface area contributed by atoms with Gasteiger partial charge in [0.25, 0.3) is 0 Å². The summed E-state index contributed by atoms with van der Waals surface area (Å²) in [6.45, 7) is 4.42. The van der Waals surface area contributed by atoms with Crippen LogP contribution in [0.1, 0.15) is 24.2 Å². The Morgan fingerprint density at radius 1 is 1.16 bits per heavy atom. The van der Waals surface area contributed by atoms with Crippen molar-refractivity contribution in [3.8, 4) is 5.75 Å². The second-order valence-electron chi connectivity index (χ2n) is 6.34. The predicted molar refractivity (Wildman–Crippen MR) is 96.2 cm³/mol. The maximum atomic E-state index is 13.1. The minimum Gasteiger partial charge on any atom is -0.497 e. The number of hydrogen-bond donors (Lipinski definition) is 0. The third-order valence-corrected chi connectivity index (χ3v) is 6.44. The molecule has 2 aromatic rings. The fourth-order valence-corrected chi connectivity index (χ4v) is 4.72. The summed E-state index contributed by atoms with van der Waals surface area (Å²) in [6, 6.07) is 14.4. The Hall–Kier alpha value is -1.89. The van der Waals surface area contributed by atoms with Crippen LogP contribution >= 0.6 is 0 Å². The number of ether oxygens (including phenoxy) is 2. The molecular weight excluding hydrogens is 338 g/mol. The molecule has 1 aliphatic rings. The lowest BCUT2D eigenvalue weighted by Crippen LogP contribution is -2.48. The molecule has 1 aliphatic heterocycles. The van der Waals surface area contributed by atoms with Crippen LogP contribution in [0, 0.1) is 6.92 Å². The second kappa shape index (κ2) is 7.15. The lowest BCUT2D eigenvalue weighted by atomic mass is 10.1. The second-order valence-corrected chi connectivity index (χ2v) is 8.23. The van der Waals surface area contributed by atoms with Crippen LogP contribution in [0.5, 0.6) is 5.75 Å². The van der Waals surface area contributed by atoms with Crippen LogP contribution in [0.3, 0.4) is 0 Å². The molecule has 25 heavy (non-hydrogen) atoms. The first-order valence-electron chi connectivity index (χ1n) is 8.26. The molecule has 0 amide bonds. The van der Waals surface area contributed by atoms with E-state index in [1.54, 1.807) is 29.6 Å². The van der Waals surface area contributed by atoms with Crippen molar-refractivity contribution < 1.29 is 17.9 Å². The maximum Gasteiger partial charge on any atom is 0.243 e. The van der Waals surface area contributed by atoms with E-state index in [0.29, 0.717) is 18.0 Å². The fraction of sp³-hybridized carbons (Fsp3) is 0.368. The molecule has 1 saturated heterocycles. The summed E-state index contributed by atoms with van der Waals surface area (Å²) < 4.78 is 38.8. The van der Waals surface area contributed by atoms with Crippen LogP contribution in [0.2, 0.25) is 0 Å². The summed E-state index contributed by atoms with van der Waals surface area (Å²) in [4.78, 5) is 0.328. The number of sulfonamides is 1. The number of hydrogen-bond acceptors (Lipinski definition) is 4. The van der Waals surface area contributed by atoms with Gasteiger partial charge in [-0.05, 0) is 49.2 Å². The van der Waals surface area contributed by atoms with E-state index in [9.17, 15) is 8.42 Å².